The van der Waals surface area contributed by atoms with Crippen molar-refractivity contribution in [1.29, 1.82) is 0 Å². The lowest BCUT2D eigenvalue weighted by molar-refractivity contribution is -0.384. The molecular weight excluding hydrogens is 538 g/mol. The van der Waals surface area contributed by atoms with E-state index in [2.05, 4.69) is 59.1 Å². The summed E-state index contributed by atoms with van der Waals surface area (Å²) in [4.78, 5) is 30.0. The van der Waals surface area contributed by atoms with E-state index in [0.29, 0.717) is 30.0 Å². The first-order valence-corrected chi connectivity index (χ1v) is 14.7. The Morgan fingerprint density at radius 2 is 1.83 bits per heavy atom. The number of piperidine rings is 1. The quantitative estimate of drug-likeness (QED) is 0.178. The zero-order valence-corrected chi connectivity index (χ0v) is 24.8. The molecule has 1 saturated carbocycles. The summed E-state index contributed by atoms with van der Waals surface area (Å²) in [6.45, 7) is 7.19. The van der Waals surface area contributed by atoms with E-state index in [-0.39, 0.29) is 24.4 Å². The van der Waals surface area contributed by atoms with Crippen LogP contribution >= 0.6 is 12.2 Å². The number of ether oxygens (including phenoxy) is 1. The van der Waals surface area contributed by atoms with E-state index in [1.807, 2.05) is 7.05 Å². The Morgan fingerprint density at radius 3 is 2.44 bits per heavy atom. The minimum atomic E-state index is -0.446. The number of hydrogen-bond donors (Lipinski definition) is 1. The van der Waals surface area contributed by atoms with E-state index in [9.17, 15) is 14.9 Å². The highest BCUT2D eigenvalue weighted by molar-refractivity contribution is 7.80. The van der Waals surface area contributed by atoms with Crippen molar-refractivity contribution in [3.05, 3.63) is 88.5 Å². The summed E-state index contributed by atoms with van der Waals surface area (Å²) in [7, 11) is 3.97. The largest absolute Gasteiger partial charge is 0.445 e. The van der Waals surface area contributed by atoms with Crippen LogP contribution in [0.15, 0.2) is 67.3 Å². The van der Waals surface area contributed by atoms with Crippen LogP contribution in [0.3, 0.4) is 0 Å². The van der Waals surface area contributed by atoms with Gasteiger partial charge in [-0.15, -0.1) is 6.58 Å². The van der Waals surface area contributed by atoms with E-state index in [0.717, 1.165) is 50.4 Å². The Balaban J connectivity index is 1.33. The van der Waals surface area contributed by atoms with Crippen molar-refractivity contribution in [1.82, 2.24) is 20.0 Å². The van der Waals surface area contributed by atoms with Crippen LogP contribution in [0.2, 0.25) is 0 Å². The third kappa shape index (κ3) is 7.83. The fourth-order valence-electron chi connectivity index (χ4n) is 6.26. The molecule has 0 radical (unpaired) electrons. The fourth-order valence-corrected chi connectivity index (χ4v) is 6.41. The number of benzene rings is 2. The molecule has 9 nitrogen and oxygen atoms in total. The average Bonchev–Trinajstić information content (AvgIpc) is 3.42. The van der Waals surface area contributed by atoms with E-state index in [4.69, 9.17) is 17.0 Å². The molecule has 1 aliphatic carbocycles. The number of carbonyl (C=O) groups excluding carboxylic acids is 1. The van der Waals surface area contributed by atoms with Crippen molar-refractivity contribution in [3.63, 3.8) is 0 Å². The number of rotatable bonds is 10. The van der Waals surface area contributed by atoms with Crippen molar-refractivity contribution >= 4 is 29.1 Å². The molecule has 3 atom stereocenters. The Kier molecular flexibility index (Phi) is 10.7. The second-order valence-electron chi connectivity index (χ2n) is 11.0. The SMILES string of the molecule is C=CCN(C(=O)OCc1ccc([N+](=O)[O-])cc1)C1CCN(C[C@H]2C[C@@H](N(C)C(=S)NC)C[C@@H]2c2ccccc2)CC1. The number of non-ortho nitro benzene ring substituents is 1. The van der Waals surface area contributed by atoms with Gasteiger partial charge in [-0.25, -0.2) is 4.79 Å². The van der Waals surface area contributed by atoms with Crippen LogP contribution in [0.1, 0.15) is 42.7 Å². The van der Waals surface area contributed by atoms with E-state index >= 15 is 0 Å². The Bertz CT molecular complexity index is 1190. The molecule has 2 aromatic rings. The average molecular weight is 580 g/mol. The minimum Gasteiger partial charge on any atom is -0.445 e. The van der Waals surface area contributed by atoms with Crippen molar-refractivity contribution < 1.29 is 14.5 Å². The minimum absolute atomic E-state index is 0.0109. The van der Waals surface area contributed by atoms with Gasteiger partial charge in [-0.05, 0) is 73.0 Å². The molecule has 1 saturated heterocycles. The molecule has 0 aromatic heterocycles. The summed E-state index contributed by atoms with van der Waals surface area (Å²) in [5, 5.41) is 14.8. The van der Waals surface area contributed by atoms with Crippen LogP contribution in [-0.4, -0.2) is 83.2 Å². The predicted octanol–water partition coefficient (Wildman–Crippen LogP) is 5.18. The molecule has 4 rings (SSSR count). The number of likely N-dealkylation sites (tertiary alicyclic amines) is 1. The van der Waals surface area contributed by atoms with Crippen molar-refractivity contribution in [2.24, 2.45) is 5.92 Å². The molecule has 220 valence electrons. The molecule has 2 aliphatic rings. The van der Waals surface area contributed by atoms with E-state index in [1.165, 1.54) is 17.7 Å². The lowest BCUT2D eigenvalue weighted by atomic mass is 9.88. The first-order valence-electron chi connectivity index (χ1n) is 14.3. The molecule has 0 unspecified atom stereocenters. The number of amides is 1. The maximum Gasteiger partial charge on any atom is 0.410 e. The molecule has 2 aromatic carbocycles. The van der Waals surface area contributed by atoms with Gasteiger partial charge in [0, 0.05) is 64.5 Å². The van der Waals surface area contributed by atoms with Gasteiger partial charge in [0.1, 0.15) is 6.61 Å². The third-order valence-corrected chi connectivity index (χ3v) is 9.03. The second kappa shape index (κ2) is 14.4. The molecule has 0 spiro atoms. The van der Waals surface area contributed by atoms with Crippen LogP contribution in [0.4, 0.5) is 10.5 Å². The lowest BCUT2D eigenvalue weighted by Crippen LogP contribution is -2.48. The molecule has 1 N–H and O–H groups in total. The molecule has 1 amide bonds. The zero-order valence-electron chi connectivity index (χ0n) is 24.0. The number of carbonyl (C=O) groups is 1. The maximum absolute atomic E-state index is 13.0. The molecule has 2 fully saturated rings. The van der Waals surface area contributed by atoms with Gasteiger partial charge in [-0.3, -0.25) is 10.1 Å². The van der Waals surface area contributed by atoms with E-state index in [1.54, 1.807) is 23.1 Å². The maximum atomic E-state index is 13.0. The van der Waals surface area contributed by atoms with Gasteiger partial charge in [-0.2, -0.15) is 0 Å². The number of hydrogen-bond acceptors (Lipinski definition) is 6. The molecular formula is C31H41N5O4S. The third-order valence-electron chi connectivity index (χ3n) is 8.54. The normalized spacial score (nSPS) is 21.2. The van der Waals surface area contributed by atoms with Crippen LogP contribution in [0, 0.1) is 16.0 Å². The Hall–Kier alpha value is -3.50. The number of nitrogens with zero attached hydrogens (tertiary/aromatic N) is 4. The summed E-state index contributed by atoms with van der Waals surface area (Å²) < 4.78 is 5.59. The topological polar surface area (TPSA) is 91.2 Å². The highest BCUT2D eigenvalue weighted by Crippen LogP contribution is 2.42. The van der Waals surface area contributed by atoms with Crippen LogP contribution in [0.25, 0.3) is 0 Å². The fraction of sp³-hybridized carbons (Fsp3) is 0.484. The highest BCUT2D eigenvalue weighted by Gasteiger charge is 2.39. The van der Waals surface area contributed by atoms with Gasteiger partial charge in [-0.1, -0.05) is 36.4 Å². The van der Waals surface area contributed by atoms with Gasteiger partial charge in [0.2, 0.25) is 0 Å². The summed E-state index contributed by atoms with van der Waals surface area (Å²) in [6, 6.07) is 17.4. The van der Waals surface area contributed by atoms with Gasteiger partial charge < -0.3 is 24.8 Å². The van der Waals surface area contributed by atoms with Crippen LogP contribution in [-0.2, 0) is 11.3 Å². The summed E-state index contributed by atoms with van der Waals surface area (Å²) in [6.07, 6.45) is 5.27. The molecule has 10 heteroatoms. The van der Waals surface area contributed by atoms with Crippen molar-refractivity contribution in [2.75, 3.05) is 40.3 Å². The molecule has 0 bridgehead atoms. The molecule has 41 heavy (non-hydrogen) atoms. The van der Waals surface area contributed by atoms with Gasteiger partial charge in [0.05, 0.1) is 4.92 Å². The first-order chi connectivity index (χ1) is 19.8. The number of nitro groups is 1. The second-order valence-corrected chi connectivity index (χ2v) is 11.4. The lowest BCUT2D eigenvalue weighted by Gasteiger charge is -2.39. The predicted molar refractivity (Wildman–Crippen MR) is 165 cm³/mol. The monoisotopic (exact) mass is 579 g/mol. The van der Waals surface area contributed by atoms with Gasteiger partial charge in [0.25, 0.3) is 5.69 Å². The Morgan fingerprint density at radius 1 is 1.15 bits per heavy atom. The number of nitro benzene ring substituents is 1. The van der Waals surface area contributed by atoms with Crippen LogP contribution in [0.5, 0.6) is 0 Å². The molecule has 1 heterocycles. The Labute approximate surface area is 248 Å². The summed E-state index contributed by atoms with van der Waals surface area (Å²) >= 11 is 5.54. The summed E-state index contributed by atoms with van der Waals surface area (Å²) in [5.41, 5.74) is 2.12. The number of thiocarbonyl (C=S) groups is 1. The zero-order chi connectivity index (χ0) is 29.4. The first kappa shape index (κ1) is 30.5. The van der Waals surface area contributed by atoms with Gasteiger partial charge >= 0.3 is 6.09 Å². The molecule has 1 aliphatic heterocycles. The summed E-state index contributed by atoms with van der Waals surface area (Å²) in [5.74, 6) is 1.00. The number of nitrogens with one attached hydrogen (secondary N) is 1. The van der Waals surface area contributed by atoms with E-state index < -0.39 is 4.92 Å². The van der Waals surface area contributed by atoms with Crippen LogP contribution < -0.4 is 5.32 Å². The van der Waals surface area contributed by atoms with Crippen molar-refractivity contribution in [2.45, 2.75) is 50.3 Å². The standard InChI is InChI=1S/C31H41N5O4S/c1-4-16-35(31(37)40-22-23-10-12-27(13-11-23)36(38)39)26-14-17-34(18-15-26)21-25-19-28(33(3)30(41)32-2)20-29(25)24-8-6-5-7-9-24/h4-13,25-26,28-29H,1,14-22H2,2-3H3,(H,32,41)/t25-,28-,29-/m1/s1. The smallest absolute Gasteiger partial charge is 0.410 e. The van der Waals surface area contributed by atoms with Crippen molar-refractivity contribution in [3.8, 4) is 0 Å². The van der Waals surface area contributed by atoms with Gasteiger partial charge in [0.15, 0.2) is 5.11 Å². The highest BCUT2D eigenvalue weighted by atomic mass is 32.1.